The molecular weight excluding hydrogens is 381 g/mol. The molecule has 27 heavy (non-hydrogen) atoms. The Morgan fingerprint density at radius 2 is 2.00 bits per heavy atom. The summed E-state index contributed by atoms with van der Waals surface area (Å²) < 4.78 is 43.1. The molecule has 3 aromatic rings. The van der Waals surface area contributed by atoms with Gasteiger partial charge in [0.05, 0.1) is 12.4 Å². The van der Waals surface area contributed by atoms with E-state index in [-0.39, 0.29) is 12.1 Å². The van der Waals surface area contributed by atoms with E-state index in [0.717, 1.165) is 15.4 Å². The van der Waals surface area contributed by atoms with E-state index in [4.69, 9.17) is 30.1 Å². The molecule has 6 heteroatoms. The number of carbonyl (C=O) groups excluding carboxylic acids is 1. The maximum Gasteiger partial charge on any atom is 0.254 e. The van der Waals surface area contributed by atoms with E-state index in [1.54, 1.807) is 31.2 Å². The Labute approximate surface area is 175 Å². The molecule has 1 fully saturated rings. The zero-order valence-electron chi connectivity index (χ0n) is 19.4. The number of rotatable bonds is 2. The lowest BCUT2D eigenvalue weighted by Crippen LogP contribution is -2.48. The monoisotopic (exact) mass is 404 g/mol. The Balaban J connectivity index is 1.78. The smallest absolute Gasteiger partial charge is 0.254 e. The molecule has 4 rings (SSSR count). The zero-order valence-corrected chi connectivity index (χ0v) is 15.9. The van der Waals surface area contributed by atoms with Crippen molar-refractivity contribution in [3.63, 3.8) is 0 Å². The van der Waals surface area contributed by atoms with Crippen molar-refractivity contribution in [2.75, 3.05) is 31.0 Å². The first-order valence-corrected chi connectivity index (χ1v) is 9.05. The first kappa shape index (κ1) is 13.0. The van der Waals surface area contributed by atoms with Crippen LogP contribution in [0.5, 0.6) is 0 Å². The average Bonchev–Trinajstić information content (AvgIpc) is 2.72. The minimum Gasteiger partial charge on any atom is -0.367 e. The lowest BCUT2D eigenvalue weighted by atomic mass is 10.1. The van der Waals surface area contributed by atoms with Gasteiger partial charge in [0.1, 0.15) is 0 Å². The number of fused-ring (bicyclic) bond motifs is 1. The Morgan fingerprint density at radius 1 is 1.15 bits per heavy atom. The predicted molar refractivity (Wildman–Crippen MR) is 111 cm³/mol. The number of halogens is 2. The van der Waals surface area contributed by atoms with Crippen LogP contribution in [-0.2, 0) is 0 Å². The summed E-state index contributed by atoms with van der Waals surface area (Å²) in [5.74, 6) is -0.732. The molecule has 1 aliphatic heterocycles. The van der Waals surface area contributed by atoms with E-state index < -0.39 is 25.4 Å². The molecule has 0 N–H and O–H groups in total. The van der Waals surface area contributed by atoms with E-state index in [2.05, 4.69) is 4.98 Å². The van der Waals surface area contributed by atoms with Gasteiger partial charge >= 0.3 is 0 Å². The van der Waals surface area contributed by atoms with Crippen LogP contribution < -0.4 is 4.90 Å². The van der Waals surface area contributed by atoms with Crippen molar-refractivity contribution >= 4 is 45.7 Å². The second-order valence-corrected chi connectivity index (χ2v) is 6.99. The molecule has 138 valence electrons. The number of amides is 1. The topological polar surface area (TPSA) is 36.4 Å². The van der Waals surface area contributed by atoms with E-state index >= 15 is 0 Å². The third kappa shape index (κ3) is 3.60. The van der Waals surface area contributed by atoms with Crippen LogP contribution in [0.4, 0.5) is 5.69 Å². The Kier molecular flexibility index (Phi) is 3.54. The molecule has 2 aromatic carbocycles. The third-order valence-electron chi connectivity index (χ3n) is 4.36. The molecule has 0 aliphatic carbocycles. The summed E-state index contributed by atoms with van der Waals surface area (Å²) in [7, 11) is 0. The molecule has 1 unspecified atom stereocenters. The number of pyridine rings is 1. The molecule has 0 bridgehead atoms. The fourth-order valence-electron chi connectivity index (χ4n) is 2.86. The molecule has 0 saturated carbocycles. The highest BCUT2D eigenvalue weighted by atomic mass is 35.5. The van der Waals surface area contributed by atoms with Crippen molar-refractivity contribution in [1.29, 1.82) is 0 Å². The molecule has 1 saturated heterocycles. The van der Waals surface area contributed by atoms with Crippen LogP contribution in [0, 0.1) is 6.92 Å². The maximum absolute atomic E-state index is 13.1. The number of aromatic nitrogens is 1. The summed E-state index contributed by atoms with van der Waals surface area (Å²) >= 11 is 12.2. The molecule has 1 aromatic heterocycles. The van der Waals surface area contributed by atoms with Crippen LogP contribution in [0.1, 0.15) is 22.8 Å². The number of aryl methyl sites for hydroxylation is 1. The van der Waals surface area contributed by atoms with Crippen LogP contribution in [-0.4, -0.2) is 41.9 Å². The third-order valence-corrected chi connectivity index (χ3v) is 5.00. The molecule has 1 aliphatic rings. The van der Waals surface area contributed by atoms with Crippen LogP contribution in [0.3, 0.4) is 0 Å². The van der Waals surface area contributed by atoms with E-state index in [1.807, 2.05) is 0 Å². The van der Waals surface area contributed by atoms with Gasteiger partial charge in [-0.1, -0.05) is 29.3 Å². The summed E-state index contributed by atoms with van der Waals surface area (Å²) in [6, 6.07) is 11.0. The predicted octanol–water partition coefficient (Wildman–Crippen LogP) is 4.81. The Morgan fingerprint density at radius 3 is 2.81 bits per heavy atom. The van der Waals surface area contributed by atoms with Crippen molar-refractivity contribution in [2.24, 2.45) is 0 Å². The standard InChI is InChI=1S/C21H19Cl2N3O/c1-14-2-3-15(12-18(14)23)21(27)26-10-8-25(9-11-26)20-6-7-24-19-13-16(22)4-5-17(19)20/h2-7,12-13H,8-11H2,1H3/i8D,9D2,11D2. The van der Waals surface area contributed by atoms with Gasteiger partial charge in [-0.3, -0.25) is 9.78 Å². The summed E-state index contributed by atoms with van der Waals surface area (Å²) in [4.78, 5) is 19.2. The van der Waals surface area contributed by atoms with Gasteiger partial charge in [0.15, 0.2) is 0 Å². The number of benzene rings is 2. The summed E-state index contributed by atoms with van der Waals surface area (Å²) in [5.41, 5.74) is 1.68. The highest BCUT2D eigenvalue weighted by molar-refractivity contribution is 6.32. The minimum atomic E-state index is -2.75. The largest absolute Gasteiger partial charge is 0.367 e. The summed E-state index contributed by atoms with van der Waals surface area (Å²) in [5, 5.41) is 1.33. The fraction of sp³-hybridized carbons (Fsp3) is 0.238. The molecule has 0 spiro atoms. The highest BCUT2D eigenvalue weighted by Gasteiger charge is 2.23. The number of hydrogen-bond donors (Lipinski definition) is 0. The zero-order chi connectivity index (χ0) is 23.4. The quantitative estimate of drug-likeness (QED) is 0.614. The van der Waals surface area contributed by atoms with Crippen LogP contribution in [0.15, 0.2) is 48.7 Å². The lowest BCUT2D eigenvalue weighted by Gasteiger charge is -2.36. The van der Waals surface area contributed by atoms with Crippen molar-refractivity contribution < 1.29 is 11.6 Å². The molecular formula is C21H19Cl2N3O. The molecule has 4 nitrogen and oxygen atoms in total. The van der Waals surface area contributed by atoms with Crippen LogP contribution >= 0.6 is 23.2 Å². The van der Waals surface area contributed by atoms with E-state index in [1.165, 1.54) is 24.4 Å². The normalized spacial score (nSPS) is 23.8. The maximum atomic E-state index is 13.1. The van der Waals surface area contributed by atoms with Crippen molar-refractivity contribution in [1.82, 2.24) is 9.88 Å². The Hall–Kier alpha value is -2.30. The second-order valence-electron chi connectivity index (χ2n) is 6.15. The number of nitrogens with zero attached hydrogens (tertiary/aromatic N) is 3. The lowest BCUT2D eigenvalue weighted by molar-refractivity contribution is 0.0747. The molecule has 1 atom stereocenters. The van der Waals surface area contributed by atoms with Gasteiger partial charge < -0.3 is 9.80 Å². The van der Waals surface area contributed by atoms with Crippen molar-refractivity contribution in [2.45, 2.75) is 6.92 Å². The Bertz CT molecular complexity index is 1220. The summed E-state index contributed by atoms with van der Waals surface area (Å²) in [6.07, 6.45) is 1.46. The second kappa shape index (κ2) is 7.37. The van der Waals surface area contributed by atoms with Gasteiger partial charge in [-0.2, -0.15) is 0 Å². The number of piperazine rings is 1. The van der Waals surface area contributed by atoms with E-state index in [9.17, 15) is 4.79 Å². The van der Waals surface area contributed by atoms with E-state index in [0.29, 0.717) is 26.6 Å². The molecule has 0 radical (unpaired) electrons. The van der Waals surface area contributed by atoms with Crippen molar-refractivity contribution in [3.05, 3.63) is 69.8 Å². The van der Waals surface area contributed by atoms with Crippen LogP contribution in [0.2, 0.25) is 10.0 Å². The molecule has 1 amide bonds. The van der Waals surface area contributed by atoms with Crippen molar-refractivity contribution in [3.8, 4) is 0 Å². The SMILES string of the molecule is [2H]C1CN(C(=O)c2ccc(C)c(Cl)c2)C([2H])([2H])C([2H])([2H])N1c1ccnc2cc(Cl)ccc12. The first-order valence-electron chi connectivity index (χ1n) is 10.9. The van der Waals surface area contributed by atoms with Gasteiger partial charge in [0.2, 0.25) is 0 Å². The number of anilines is 1. The summed E-state index contributed by atoms with van der Waals surface area (Å²) in [6.45, 7) is -5.33. The van der Waals surface area contributed by atoms with Gasteiger partial charge in [-0.25, -0.2) is 0 Å². The average molecular weight is 405 g/mol. The first-order chi connectivity index (χ1) is 14.9. The van der Waals surface area contributed by atoms with Gasteiger partial charge in [-0.05, 0) is 48.9 Å². The van der Waals surface area contributed by atoms with Gasteiger partial charge in [-0.15, -0.1) is 0 Å². The highest BCUT2D eigenvalue weighted by Crippen LogP contribution is 2.28. The fourth-order valence-corrected chi connectivity index (χ4v) is 3.21. The van der Waals surface area contributed by atoms with Crippen LogP contribution in [0.25, 0.3) is 10.9 Å². The number of carbonyl (C=O) groups is 1. The van der Waals surface area contributed by atoms with Gasteiger partial charge in [0, 0.05) is 58.9 Å². The number of hydrogen-bond acceptors (Lipinski definition) is 3. The van der Waals surface area contributed by atoms with Gasteiger partial charge in [0.25, 0.3) is 5.91 Å². The molecule has 2 heterocycles. The minimum absolute atomic E-state index is 0.130.